The first kappa shape index (κ1) is 13.1. The molecular formula is C13H15FN4O. The zero-order chi connectivity index (χ0) is 14.0. The molecule has 19 heavy (non-hydrogen) atoms. The molecule has 1 aromatic carbocycles. The fourth-order valence-electron chi connectivity index (χ4n) is 1.88. The number of benzene rings is 1. The van der Waals surface area contributed by atoms with Crippen LogP contribution >= 0.6 is 0 Å². The smallest absolute Gasteiger partial charge is 0.257 e. The summed E-state index contributed by atoms with van der Waals surface area (Å²) >= 11 is 0. The highest BCUT2D eigenvalue weighted by Gasteiger charge is 2.15. The van der Waals surface area contributed by atoms with Gasteiger partial charge in [-0.15, -0.1) is 0 Å². The summed E-state index contributed by atoms with van der Waals surface area (Å²) < 4.78 is 15.2. The number of carbonyl (C=O) groups excluding carboxylic acids is 1. The van der Waals surface area contributed by atoms with E-state index in [4.69, 9.17) is 0 Å². The minimum atomic E-state index is -0.460. The fourth-order valence-corrected chi connectivity index (χ4v) is 1.88. The summed E-state index contributed by atoms with van der Waals surface area (Å²) in [6.45, 7) is 1.79. The second kappa shape index (κ2) is 5.09. The number of aromatic nitrogens is 2. The number of carbonyl (C=O) groups is 1. The number of anilines is 2. The summed E-state index contributed by atoms with van der Waals surface area (Å²) in [5.74, 6) is -0.835. The van der Waals surface area contributed by atoms with Gasteiger partial charge in [0.2, 0.25) is 0 Å². The largest absolute Gasteiger partial charge is 0.385 e. The maximum absolute atomic E-state index is 13.6. The van der Waals surface area contributed by atoms with Crippen LogP contribution in [0.1, 0.15) is 16.1 Å². The van der Waals surface area contributed by atoms with Gasteiger partial charge in [-0.05, 0) is 19.1 Å². The molecule has 6 heteroatoms. The number of amides is 1. The number of rotatable bonds is 3. The van der Waals surface area contributed by atoms with E-state index in [-0.39, 0.29) is 17.2 Å². The second-order valence-corrected chi connectivity index (χ2v) is 4.17. The van der Waals surface area contributed by atoms with Gasteiger partial charge in [-0.3, -0.25) is 9.48 Å². The van der Waals surface area contributed by atoms with E-state index in [1.807, 2.05) is 0 Å². The number of halogens is 1. The molecule has 0 aliphatic heterocycles. The highest BCUT2D eigenvalue weighted by atomic mass is 19.1. The Balaban J connectivity index is 2.30. The zero-order valence-corrected chi connectivity index (χ0v) is 11.0. The first-order chi connectivity index (χ1) is 9.02. The number of hydrogen-bond donors (Lipinski definition) is 2. The quantitative estimate of drug-likeness (QED) is 0.891. The van der Waals surface area contributed by atoms with Crippen LogP contribution in [0.4, 0.5) is 15.8 Å². The summed E-state index contributed by atoms with van der Waals surface area (Å²) in [6, 6.07) is 4.37. The molecule has 0 saturated carbocycles. The van der Waals surface area contributed by atoms with Crippen LogP contribution in [0.2, 0.25) is 0 Å². The average Bonchev–Trinajstić information content (AvgIpc) is 2.67. The Labute approximate surface area is 110 Å². The van der Waals surface area contributed by atoms with E-state index < -0.39 is 5.82 Å². The first-order valence-corrected chi connectivity index (χ1v) is 5.80. The summed E-state index contributed by atoms with van der Waals surface area (Å²) in [5.41, 5.74) is 1.75. The molecule has 0 radical (unpaired) electrons. The number of aryl methyl sites for hydroxylation is 2. The molecule has 0 aliphatic carbocycles. The van der Waals surface area contributed by atoms with E-state index >= 15 is 0 Å². The van der Waals surface area contributed by atoms with E-state index in [1.54, 1.807) is 38.0 Å². The summed E-state index contributed by atoms with van der Waals surface area (Å²) in [6.07, 6.45) is 1.70. The molecule has 0 saturated heterocycles. The minimum Gasteiger partial charge on any atom is -0.385 e. The summed E-state index contributed by atoms with van der Waals surface area (Å²) in [7, 11) is 3.34. The van der Waals surface area contributed by atoms with Crippen LogP contribution in [-0.2, 0) is 7.05 Å². The van der Waals surface area contributed by atoms with Crippen molar-refractivity contribution in [3.8, 4) is 0 Å². The third-order valence-electron chi connectivity index (χ3n) is 2.77. The molecule has 0 spiro atoms. The summed E-state index contributed by atoms with van der Waals surface area (Å²) in [4.78, 5) is 12.2. The molecule has 0 aliphatic rings. The second-order valence-electron chi connectivity index (χ2n) is 4.17. The van der Waals surface area contributed by atoms with Crippen molar-refractivity contribution in [2.24, 2.45) is 7.05 Å². The Bertz CT molecular complexity index is 621. The first-order valence-electron chi connectivity index (χ1n) is 5.80. The molecule has 0 bridgehead atoms. The fraction of sp³-hybridized carbons (Fsp3) is 0.231. The number of nitrogens with zero attached hydrogens (tertiary/aromatic N) is 2. The monoisotopic (exact) mass is 262 g/mol. The van der Waals surface area contributed by atoms with Crippen molar-refractivity contribution in [3.63, 3.8) is 0 Å². The summed E-state index contributed by atoms with van der Waals surface area (Å²) in [5, 5.41) is 9.54. The van der Waals surface area contributed by atoms with Gasteiger partial charge in [-0.1, -0.05) is 6.07 Å². The maximum atomic E-state index is 13.6. The van der Waals surface area contributed by atoms with Crippen molar-refractivity contribution in [1.82, 2.24) is 9.78 Å². The molecule has 0 fully saturated rings. The van der Waals surface area contributed by atoms with Crippen molar-refractivity contribution >= 4 is 17.3 Å². The van der Waals surface area contributed by atoms with Crippen molar-refractivity contribution in [2.75, 3.05) is 17.7 Å². The molecule has 1 amide bonds. The molecule has 100 valence electrons. The lowest BCUT2D eigenvalue weighted by Gasteiger charge is -2.09. The lowest BCUT2D eigenvalue weighted by Crippen LogP contribution is -2.15. The van der Waals surface area contributed by atoms with Gasteiger partial charge < -0.3 is 10.6 Å². The Morgan fingerprint density at radius 3 is 2.74 bits per heavy atom. The van der Waals surface area contributed by atoms with E-state index in [0.717, 1.165) is 0 Å². The number of nitrogens with one attached hydrogen (secondary N) is 2. The molecule has 0 atom stereocenters. The predicted octanol–water partition coefficient (Wildman–Crippen LogP) is 2.16. The molecule has 2 rings (SSSR count). The van der Waals surface area contributed by atoms with Crippen molar-refractivity contribution in [3.05, 3.63) is 41.5 Å². The van der Waals surface area contributed by atoms with Gasteiger partial charge in [0.1, 0.15) is 5.82 Å². The zero-order valence-electron chi connectivity index (χ0n) is 11.0. The van der Waals surface area contributed by atoms with Crippen LogP contribution in [0, 0.1) is 12.7 Å². The van der Waals surface area contributed by atoms with E-state index in [9.17, 15) is 9.18 Å². The molecule has 1 heterocycles. The topological polar surface area (TPSA) is 59.0 Å². The highest BCUT2D eigenvalue weighted by molar-refractivity contribution is 6.08. The number of hydrogen-bond acceptors (Lipinski definition) is 3. The Kier molecular flexibility index (Phi) is 3.50. The van der Waals surface area contributed by atoms with Crippen LogP contribution in [0.25, 0.3) is 0 Å². The van der Waals surface area contributed by atoms with Crippen molar-refractivity contribution in [1.29, 1.82) is 0 Å². The molecule has 2 aromatic rings. The Morgan fingerprint density at radius 1 is 1.42 bits per heavy atom. The van der Waals surface area contributed by atoms with Gasteiger partial charge in [0.05, 0.1) is 22.6 Å². The van der Waals surface area contributed by atoms with E-state index in [1.165, 1.54) is 12.1 Å². The normalized spacial score (nSPS) is 10.3. The van der Waals surface area contributed by atoms with Crippen LogP contribution in [0.5, 0.6) is 0 Å². The maximum Gasteiger partial charge on any atom is 0.257 e. The molecule has 5 nitrogen and oxygen atoms in total. The average molecular weight is 262 g/mol. The molecular weight excluding hydrogens is 247 g/mol. The third kappa shape index (κ3) is 2.57. The van der Waals surface area contributed by atoms with Gasteiger partial charge in [0.15, 0.2) is 0 Å². The molecule has 2 N–H and O–H groups in total. The molecule has 1 aromatic heterocycles. The van der Waals surface area contributed by atoms with Crippen LogP contribution < -0.4 is 10.6 Å². The van der Waals surface area contributed by atoms with Gasteiger partial charge >= 0.3 is 0 Å². The lowest BCUT2D eigenvalue weighted by atomic mass is 10.1. The van der Waals surface area contributed by atoms with Gasteiger partial charge in [0.25, 0.3) is 5.91 Å². The molecule has 0 unspecified atom stereocenters. The number of para-hydroxylation sites is 1. The minimum absolute atomic E-state index is 0.182. The van der Waals surface area contributed by atoms with Crippen molar-refractivity contribution in [2.45, 2.75) is 6.92 Å². The van der Waals surface area contributed by atoms with E-state index in [0.29, 0.717) is 11.4 Å². The standard InChI is InChI=1S/C13H15FN4O/c1-8-11(7-18(3)17-8)16-13(19)9-5-4-6-10(14)12(9)15-2/h4-7,15H,1-3H3,(H,16,19). The van der Waals surface area contributed by atoms with Gasteiger partial charge in [-0.2, -0.15) is 5.10 Å². The van der Waals surface area contributed by atoms with Gasteiger partial charge in [0, 0.05) is 20.3 Å². The van der Waals surface area contributed by atoms with Crippen LogP contribution in [0.15, 0.2) is 24.4 Å². The van der Waals surface area contributed by atoms with E-state index in [2.05, 4.69) is 15.7 Å². The van der Waals surface area contributed by atoms with Gasteiger partial charge in [-0.25, -0.2) is 4.39 Å². The highest BCUT2D eigenvalue weighted by Crippen LogP contribution is 2.21. The SMILES string of the molecule is CNc1c(F)cccc1C(=O)Nc1cn(C)nc1C. The lowest BCUT2D eigenvalue weighted by molar-refractivity contribution is 0.102. The van der Waals surface area contributed by atoms with Crippen molar-refractivity contribution < 1.29 is 9.18 Å². The third-order valence-corrected chi connectivity index (χ3v) is 2.77. The predicted molar refractivity (Wildman–Crippen MR) is 71.8 cm³/mol. The Hall–Kier alpha value is -2.37. The van der Waals surface area contributed by atoms with Crippen LogP contribution in [-0.4, -0.2) is 22.7 Å². The Morgan fingerprint density at radius 2 is 2.16 bits per heavy atom. The van der Waals surface area contributed by atoms with Crippen LogP contribution in [0.3, 0.4) is 0 Å².